The monoisotopic (exact) mass is 435 g/mol. The van der Waals surface area contributed by atoms with Gasteiger partial charge in [0.1, 0.15) is 5.82 Å². The third-order valence-corrected chi connectivity index (χ3v) is 5.74. The van der Waals surface area contributed by atoms with Crippen molar-refractivity contribution in [2.24, 2.45) is 4.99 Å². The van der Waals surface area contributed by atoms with Gasteiger partial charge in [-0.05, 0) is 46.5 Å². The minimum Gasteiger partial charge on any atom is -0.362 e. The largest absolute Gasteiger partial charge is 0.362 e. The van der Waals surface area contributed by atoms with E-state index in [1.807, 2.05) is 25.9 Å². The molecular weight excluding hydrogens is 386 g/mol. The number of hydrogen-bond donors (Lipinski definition) is 0. The number of hydrogen-bond acceptors (Lipinski definition) is 4. The normalized spacial score (nSPS) is 14.7. The summed E-state index contributed by atoms with van der Waals surface area (Å²) in [4.78, 5) is 30.9. The van der Waals surface area contributed by atoms with Crippen molar-refractivity contribution in [3.05, 3.63) is 11.4 Å². The van der Waals surface area contributed by atoms with Crippen LogP contribution in [0.1, 0.15) is 111 Å². The summed E-state index contributed by atoms with van der Waals surface area (Å²) in [5.41, 5.74) is 0.693. The van der Waals surface area contributed by atoms with Crippen molar-refractivity contribution < 1.29 is 9.59 Å². The Kier molecular flexibility index (Phi) is 18.1. The molecule has 0 aromatic carbocycles. The molecule has 0 saturated carbocycles. The molecule has 1 aliphatic rings. The minimum atomic E-state index is 0.0595. The van der Waals surface area contributed by atoms with Gasteiger partial charge in [0.15, 0.2) is 5.78 Å². The van der Waals surface area contributed by atoms with Crippen molar-refractivity contribution in [2.75, 3.05) is 27.2 Å². The molecule has 0 atom stereocenters. The van der Waals surface area contributed by atoms with E-state index >= 15 is 0 Å². The number of unbranched alkanes of at least 4 members (excludes halogenated alkanes) is 8. The van der Waals surface area contributed by atoms with Crippen LogP contribution >= 0.6 is 0 Å². The summed E-state index contributed by atoms with van der Waals surface area (Å²) < 4.78 is 0. The van der Waals surface area contributed by atoms with Gasteiger partial charge in [0, 0.05) is 45.4 Å². The Balaban J connectivity index is 0.000000649. The maximum absolute atomic E-state index is 11.9. The van der Waals surface area contributed by atoms with Gasteiger partial charge < -0.3 is 9.80 Å². The predicted octanol–water partition coefficient (Wildman–Crippen LogP) is 6.38. The number of carbonyl (C=O) groups excluding carboxylic acids is 2. The van der Waals surface area contributed by atoms with E-state index in [0.717, 1.165) is 31.8 Å². The Labute approximate surface area is 192 Å². The van der Waals surface area contributed by atoms with Crippen LogP contribution in [0.4, 0.5) is 0 Å². The van der Waals surface area contributed by atoms with Gasteiger partial charge in [-0.3, -0.25) is 9.59 Å². The lowest BCUT2D eigenvalue weighted by Gasteiger charge is -2.26. The first-order chi connectivity index (χ1) is 14.8. The molecule has 0 aliphatic carbocycles. The lowest BCUT2D eigenvalue weighted by molar-refractivity contribution is -0.132. The summed E-state index contributed by atoms with van der Waals surface area (Å²) in [5, 5.41) is 0. The van der Waals surface area contributed by atoms with Crippen LogP contribution in [0.2, 0.25) is 0 Å². The molecule has 1 amide bonds. The topological polar surface area (TPSA) is 53.0 Å². The van der Waals surface area contributed by atoms with E-state index < -0.39 is 0 Å². The van der Waals surface area contributed by atoms with E-state index in [0.29, 0.717) is 11.5 Å². The number of likely N-dealkylation sites (tertiary alicyclic amines) is 1. The zero-order valence-electron chi connectivity index (χ0n) is 21.3. The van der Waals surface area contributed by atoms with Gasteiger partial charge in [0.25, 0.3) is 0 Å². The van der Waals surface area contributed by atoms with Crippen molar-refractivity contribution in [3.63, 3.8) is 0 Å². The van der Waals surface area contributed by atoms with Gasteiger partial charge in [0.05, 0.1) is 0 Å². The average molecular weight is 436 g/mol. The molecule has 31 heavy (non-hydrogen) atoms. The SMILES string of the molecule is C/C=N\C(=C(/C)C(C)=O)N(C)C.CCCCCCCCCCCC(=O)N1CCCCC1. The minimum absolute atomic E-state index is 0.0595. The Bertz CT molecular complexity index is 547. The molecule has 5 heteroatoms. The van der Waals surface area contributed by atoms with E-state index in [2.05, 4.69) is 16.8 Å². The van der Waals surface area contributed by atoms with E-state index in [4.69, 9.17) is 0 Å². The van der Waals surface area contributed by atoms with Gasteiger partial charge in [-0.1, -0.05) is 58.3 Å². The highest BCUT2D eigenvalue weighted by Crippen LogP contribution is 2.14. The summed E-state index contributed by atoms with van der Waals surface area (Å²) in [6, 6.07) is 0. The van der Waals surface area contributed by atoms with Crippen LogP contribution < -0.4 is 0 Å². The number of amides is 1. The zero-order valence-corrected chi connectivity index (χ0v) is 21.3. The van der Waals surface area contributed by atoms with Crippen LogP contribution in [0.25, 0.3) is 0 Å². The zero-order chi connectivity index (χ0) is 23.5. The summed E-state index contributed by atoms with van der Waals surface area (Å²) in [6.45, 7) is 9.44. The van der Waals surface area contributed by atoms with Crippen molar-refractivity contribution in [1.82, 2.24) is 9.80 Å². The Hall–Kier alpha value is -1.65. The smallest absolute Gasteiger partial charge is 0.222 e. The van der Waals surface area contributed by atoms with Crippen LogP contribution in [0.5, 0.6) is 0 Å². The molecule has 5 nitrogen and oxygen atoms in total. The Morgan fingerprint density at radius 3 is 1.84 bits per heavy atom. The average Bonchev–Trinajstić information content (AvgIpc) is 2.76. The van der Waals surface area contributed by atoms with Gasteiger partial charge >= 0.3 is 0 Å². The predicted molar refractivity (Wildman–Crippen MR) is 134 cm³/mol. The molecule has 0 unspecified atom stereocenters. The first kappa shape index (κ1) is 29.4. The van der Waals surface area contributed by atoms with Crippen LogP contribution in [0.15, 0.2) is 16.4 Å². The number of carbonyl (C=O) groups is 2. The van der Waals surface area contributed by atoms with E-state index in [-0.39, 0.29) is 5.78 Å². The maximum atomic E-state index is 11.9. The molecule has 0 spiro atoms. The van der Waals surface area contributed by atoms with Crippen LogP contribution in [-0.4, -0.2) is 54.9 Å². The van der Waals surface area contributed by atoms with E-state index in [1.165, 1.54) is 70.6 Å². The Morgan fingerprint density at radius 1 is 0.871 bits per heavy atom. The second-order valence-electron chi connectivity index (χ2n) is 8.81. The van der Waals surface area contributed by atoms with Crippen LogP contribution in [0, 0.1) is 0 Å². The molecule has 1 heterocycles. The van der Waals surface area contributed by atoms with Crippen LogP contribution in [-0.2, 0) is 9.59 Å². The van der Waals surface area contributed by atoms with Crippen molar-refractivity contribution in [2.45, 2.75) is 111 Å². The quantitative estimate of drug-likeness (QED) is 0.192. The number of nitrogens with zero attached hydrogens (tertiary/aromatic N) is 3. The molecule has 0 aromatic heterocycles. The molecule has 0 aromatic rings. The molecule has 0 N–H and O–H groups in total. The third kappa shape index (κ3) is 14.9. The fourth-order valence-corrected chi connectivity index (χ4v) is 3.72. The number of piperidine rings is 1. The summed E-state index contributed by atoms with van der Waals surface area (Å²) in [7, 11) is 3.74. The second-order valence-corrected chi connectivity index (χ2v) is 8.81. The fraction of sp³-hybridized carbons (Fsp3) is 0.808. The number of Topliss-reactive ketones (excluding diaryl/α,β-unsaturated/α-hetero) is 1. The molecule has 1 saturated heterocycles. The molecule has 1 aliphatic heterocycles. The number of rotatable bonds is 13. The first-order valence-corrected chi connectivity index (χ1v) is 12.5. The molecule has 1 fully saturated rings. The third-order valence-electron chi connectivity index (χ3n) is 5.74. The highest BCUT2D eigenvalue weighted by atomic mass is 16.2. The van der Waals surface area contributed by atoms with Gasteiger partial charge in [-0.2, -0.15) is 0 Å². The lowest BCUT2D eigenvalue weighted by Crippen LogP contribution is -2.35. The number of ketones is 1. The number of allylic oxidation sites excluding steroid dienone is 1. The lowest BCUT2D eigenvalue weighted by atomic mass is 10.1. The van der Waals surface area contributed by atoms with Gasteiger partial charge in [-0.15, -0.1) is 0 Å². The van der Waals surface area contributed by atoms with E-state index in [9.17, 15) is 9.59 Å². The highest BCUT2D eigenvalue weighted by Gasteiger charge is 2.15. The standard InChI is InChI=1S/C17H33NO.C9H16N2O/c1-2-3-4-5-6-7-8-9-11-14-17(19)18-15-12-10-13-16-18;1-6-10-9(11(4)5)7(2)8(3)12/h2-16H2,1H3;6H,1-5H3/b;9-7-,10-6-. The molecule has 180 valence electrons. The van der Waals surface area contributed by atoms with Crippen LogP contribution in [0.3, 0.4) is 0 Å². The van der Waals surface area contributed by atoms with Crippen molar-refractivity contribution in [1.29, 1.82) is 0 Å². The molecule has 1 rings (SSSR count). The Morgan fingerprint density at radius 2 is 1.39 bits per heavy atom. The van der Waals surface area contributed by atoms with E-state index in [1.54, 1.807) is 20.1 Å². The highest BCUT2D eigenvalue weighted by molar-refractivity contribution is 5.93. The summed E-state index contributed by atoms with van der Waals surface area (Å²) >= 11 is 0. The number of aliphatic imine (C=N–C) groups is 1. The second kappa shape index (κ2) is 19.1. The molecule has 0 radical (unpaired) electrons. The maximum Gasteiger partial charge on any atom is 0.222 e. The van der Waals surface area contributed by atoms with Gasteiger partial charge in [0.2, 0.25) is 5.91 Å². The summed E-state index contributed by atoms with van der Waals surface area (Å²) in [5.74, 6) is 1.19. The fourth-order valence-electron chi connectivity index (χ4n) is 3.72. The van der Waals surface area contributed by atoms with Crippen molar-refractivity contribution >= 4 is 17.9 Å². The van der Waals surface area contributed by atoms with Gasteiger partial charge in [-0.25, -0.2) is 4.99 Å². The molecule has 0 bridgehead atoms. The molecular formula is C26H49N3O2. The summed E-state index contributed by atoms with van der Waals surface area (Å²) in [6.07, 6.45) is 18.2. The first-order valence-electron chi connectivity index (χ1n) is 12.5. The van der Waals surface area contributed by atoms with Crippen molar-refractivity contribution in [3.8, 4) is 0 Å².